The smallest absolute Gasteiger partial charge is 0.310 e. The van der Waals surface area contributed by atoms with Gasteiger partial charge in [0.2, 0.25) is 0 Å². The van der Waals surface area contributed by atoms with Crippen LogP contribution in [0.25, 0.3) is 0 Å². The summed E-state index contributed by atoms with van der Waals surface area (Å²) in [5, 5.41) is 8.84. The predicted molar refractivity (Wildman–Crippen MR) is 56.1 cm³/mol. The van der Waals surface area contributed by atoms with Crippen LogP contribution in [0.2, 0.25) is 0 Å². The summed E-state index contributed by atoms with van der Waals surface area (Å²) < 4.78 is 31.8. The summed E-state index contributed by atoms with van der Waals surface area (Å²) >= 11 is 0. The van der Waals surface area contributed by atoms with Crippen molar-refractivity contribution in [2.24, 2.45) is 5.41 Å². The Labute approximate surface area is 94.4 Å². The second-order valence-electron chi connectivity index (χ2n) is 3.80. The molecule has 3 N–H and O–H groups in total. The molecule has 16 heavy (non-hydrogen) atoms. The Morgan fingerprint density at radius 1 is 1.44 bits per heavy atom. The van der Waals surface area contributed by atoms with E-state index < -0.39 is 21.6 Å². The Hall–Kier alpha value is -0.700. The van der Waals surface area contributed by atoms with E-state index in [-0.39, 0.29) is 19.7 Å². The van der Waals surface area contributed by atoms with E-state index in [0.29, 0.717) is 12.8 Å². The minimum absolute atomic E-state index is 0.0648. The zero-order valence-corrected chi connectivity index (χ0v) is 9.84. The number of methoxy groups -OCH3 is 1. The van der Waals surface area contributed by atoms with Crippen LogP contribution in [0, 0.1) is 5.41 Å². The van der Waals surface area contributed by atoms with E-state index >= 15 is 0 Å². The molecule has 0 spiro atoms. The molecule has 1 fully saturated rings. The second-order valence-corrected chi connectivity index (χ2v) is 5.38. The van der Waals surface area contributed by atoms with Crippen LogP contribution in [0.3, 0.4) is 0 Å². The average molecular weight is 252 g/mol. The first kappa shape index (κ1) is 13.4. The Kier molecular flexibility index (Phi) is 4.25. The van der Waals surface area contributed by atoms with E-state index in [1.54, 1.807) is 0 Å². The highest BCUT2D eigenvalue weighted by Gasteiger charge is 2.50. The maximum absolute atomic E-state index is 11.3. The molecule has 1 rings (SSSR count). The summed E-state index contributed by atoms with van der Waals surface area (Å²) in [7, 11) is -2.16. The van der Waals surface area contributed by atoms with E-state index in [1.807, 2.05) is 0 Å². The number of carbonyl (C=O) groups is 1. The van der Waals surface area contributed by atoms with E-state index in [4.69, 9.17) is 5.11 Å². The first-order chi connectivity index (χ1) is 7.42. The molecule has 0 bridgehead atoms. The van der Waals surface area contributed by atoms with Gasteiger partial charge in [0.15, 0.2) is 0 Å². The molecule has 0 atom stereocenters. The van der Waals surface area contributed by atoms with Crippen LogP contribution in [0.5, 0.6) is 0 Å². The number of hydrogen-bond donors (Lipinski definition) is 3. The lowest BCUT2D eigenvalue weighted by atomic mass is 10.1. The quantitative estimate of drug-likeness (QED) is 0.477. The van der Waals surface area contributed by atoms with E-state index in [0.717, 1.165) is 0 Å². The Balaban J connectivity index is 2.34. The third-order valence-electron chi connectivity index (χ3n) is 2.51. The highest BCUT2D eigenvalue weighted by atomic mass is 32.2. The molecular formula is C8H16N2O5S. The molecule has 0 amide bonds. The van der Waals surface area contributed by atoms with Gasteiger partial charge in [-0.3, -0.25) is 4.79 Å². The summed E-state index contributed by atoms with van der Waals surface area (Å²) in [6.07, 6.45) is 1.03. The van der Waals surface area contributed by atoms with Gasteiger partial charge in [-0.05, 0) is 12.8 Å². The predicted octanol–water partition coefficient (Wildman–Crippen LogP) is -1.08. The van der Waals surface area contributed by atoms with E-state index in [2.05, 4.69) is 14.2 Å². The van der Waals surface area contributed by atoms with Crippen LogP contribution in [-0.2, 0) is 19.7 Å². The largest absolute Gasteiger partial charge is 0.481 e. The van der Waals surface area contributed by atoms with Gasteiger partial charge in [-0.15, -0.1) is 0 Å². The fourth-order valence-corrected chi connectivity index (χ4v) is 2.10. The molecule has 8 heteroatoms. The van der Waals surface area contributed by atoms with Crippen molar-refractivity contribution in [1.82, 2.24) is 9.44 Å². The van der Waals surface area contributed by atoms with Gasteiger partial charge >= 0.3 is 5.97 Å². The van der Waals surface area contributed by atoms with Crippen LogP contribution < -0.4 is 9.44 Å². The monoisotopic (exact) mass is 252 g/mol. The second kappa shape index (κ2) is 5.09. The molecule has 0 aromatic rings. The van der Waals surface area contributed by atoms with E-state index in [9.17, 15) is 13.2 Å². The lowest BCUT2D eigenvalue weighted by Gasteiger charge is -2.12. The normalized spacial score (nSPS) is 18.3. The van der Waals surface area contributed by atoms with Crippen molar-refractivity contribution in [3.8, 4) is 0 Å². The Bertz CT molecular complexity index is 349. The van der Waals surface area contributed by atoms with Crippen molar-refractivity contribution < 1.29 is 23.1 Å². The molecular weight excluding hydrogens is 236 g/mol. The highest BCUT2D eigenvalue weighted by molar-refractivity contribution is 7.87. The Morgan fingerprint density at radius 3 is 2.50 bits per heavy atom. The van der Waals surface area contributed by atoms with Gasteiger partial charge in [-0.2, -0.15) is 13.1 Å². The van der Waals surface area contributed by atoms with Crippen molar-refractivity contribution in [1.29, 1.82) is 0 Å². The number of ether oxygens (including phenoxy) is 1. The number of carboxylic acid groups (broad SMARTS) is 1. The lowest BCUT2D eigenvalue weighted by Crippen LogP contribution is -2.42. The average Bonchev–Trinajstić information content (AvgIpc) is 2.96. The summed E-state index contributed by atoms with van der Waals surface area (Å²) in [4.78, 5) is 10.8. The third kappa shape index (κ3) is 3.71. The number of carboxylic acids is 1. The molecule has 1 aliphatic carbocycles. The standard InChI is InChI=1S/C8H16N2O5S/c1-15-5-4-9-16(13,14)10-6-8(2-3-8)7(11)12/h9-10H,2-6H2,1H3,(H,11,12). The topological polar surface area (TPSA) is 105 Å². The number of nitrogens with one attached hydrogen (secondary N) is 2. The number of hydrogen-bond acceptors (Lipinski definition) is 4. The maximum Gasteiger partial charge on any atom is 0.310 e. The van der Waals surface area contributed by atoms with Crippen LogP contribution >= 0.6 is 0 Å². The molecule has 0 aromatic carbocycles. The van der Waals surface area contributed by atoms with Crippen LogP contribution in [-0.4, -0.2) is 46.3 Å². The highest BCUT2D eigenvalue weighted by Crippen LogP contribution is 2.45. The zero-order chi connectivity index (χ0) is 12.2. The molecule has 7 nitrogen and oxygen atoms in total. The van der Waals surface area contributed by atoms with Crippen LogP contribution in [0.15, 0.2) is 0 Å². The van der Waals surface area contributed by atoms with Crippen LogP contribution in [0.1, 0.15) is 12.8 Å². The maximum atomic E-state index is 11.3. The third-order valence-corrected chi connectivity index (χ3v) is 3.61. The lowest BCUT2D eigenvalue weighted by molar-refractivity contribution is -0.143. The molecule has 1 aliphatic rings. The minimum atomic E-state index is -3.62. The van der Waals surface area contributed by atoms with Gasteiger partial charge in [0.05, 0.1) is 12.0 Å². The molecule has 0 saturated heterocycles. The fraction of sp³-hybridized carbons (Fsp3) is 0.875. The molecule has 0 heterocycles. The van der Waals surface area contributed by atoms with Gasteiger partial charge in [0, 0.05) is 20.2 Å². The molecule has 0 radical (unpaired) electrons. The van der Waals surface area contributed by atoms with Crippen molar-refractivity contribution in [3.63, 3.8) is 0 Å². The SMILES string of the molecule is COCCNS(=O)(=O)NCC1(C(=O)O)CC1. The van der Waals surface area contributed by atoms with Gasteiger partial charge in [-0.1, -0.05) is 0 Å². The van der Waals surface area contributed by atoms with Crippen LogP contribution in [0.4, 0.5) is 0 Å². The summed E-state index contributed by atoms with van der Waals surface area (Å²) in [5.41, 5.74) is -0.893. The molecule has 1 saturated carbocycles. The molecule has 94 valence electrons. The molecule has 0 unspecified atom stereocenters. The van der Waals surface area contributed by atoms with E-state index in [1.165, 1.54) is 7.11 Å². The van der Waals surface area contributed by atoms with Gasteiger partial charge in [0.1, 0.15) is 0 Å². The Morgan fingerprint density at radius 2 is 2.06 bits per heavy atom. The minimum Gasteiger partial charge on any atom is -0.481 e. The van der Waals surface area contributed by atoms with Gasteiger partial charge < -0.3 is 9.84 Å². The zero-order valence-electron chi connectivity index (χ0n) is 9.02. The summed E-state index contributed by atoms with van der Waals surface area (Å²) in [6, 6.07) is 0. The van der Waals surface area contributed by atoms with Crippen molar-refractivity contribution >= 4 is 16.2 Å². The van der Waals surface area contributed by atoms with Crippen molar-refractivity contribution in [2.45, 2.75) is 12.8 Å². The first-order valence-electron chi connectivity index (χ1n) is 4.88. The molecule has 0 aromatic heterocycles. The summed E-state index contributed by atoms with van der Waals surface area (Å²) in [5.74, 6) is -0.952. The van der Waals surface area contributed by atoms with Crippen molar-refractivity contribution in [3.05, 3.63) is 0 Å². The summed E-state index contributed by atoms with van der Waals surface area (Å²) in [6.45, 7) is 0.363. The fourth-order valence-electron chi connectivity index (χ4n) is 1.18. The van der Waals surface area contributed by atoms with Gasteiger partial charge in [-0.25, -0.2) is 4.72 Å². The van der Waals surface area contributed by atoms with Crippen molar-refractivity contribution in [2.75, 3.05) is 26.8 Å². The molecule has 0 aliphatic heterocycles. The first-order valence-corrected chi connectivity index (χ1v) is 6.37. The van der Waals surface area contributed by atoms with Gasteiger partial charge in [0.25, 0.3) is 10.2 Å². The number of aliphatic carboxylic acids is 1. The number of rotatable bonds is 8.